The molecule has 4 aromatic rings. The summed E-state index contributed by atoms with van der Waals surface area (Å²) in [5.41, 5.74) is 2.26. The van der Waals surface area contributed by atoms with E-state index >= 15 is 0 Å². The van der Waals surface area contributed by atoms with E-state index in [-0.39, 0.29) is 29.3 Å². The molecule has 3 fully saturated rings. The van der Waals surface area contributed by atoms with Crippen molar-refractivity contribution in [3.05, 3.63) is 132 Å². The van der Waals surface area contributed by atoms with Gasteiger partial charge in [0.2, 0.25) is 0 Å². The van der Waals surface area contributed by atoms with Crippen LogP contribution in [0.3, 0.4) is 0 Å². The number of rotatable bonds is 13. The summed E-state index contributed by atoms with van der Waals surface area (Å²) in [6, 6.07) is 41.8. The SMILES string of the molecule is C[C@H]1CC[C@]2(C[C@@H](O)C[C@@H](CO[Si](c3ccccc3)(c3ccccc3)C(C)(C)C)O2)O[C@]12C[C@H](OCc1ccccc1)[C@H](CCOCc1ccccc1)O2. The highest BCUT2D eigenvalue weighted by Crippen LogP contribution is 2.52. The lowest BCUT2D eigenvalue weighted by atomic mass is 9.83. The summed E-state index contributed by atoms with van der Waals surface area (Å²) in [5.74, 6) is -1.80. The van der Waals surface area contributed by atoms with Crippen molar-refractivity contribution in [2.24, 2.45) is 5.92 Å². The van der Waals surface area contributed by atoms with Gasteiger partial charge in [0, 0.05) is 38.2 Å². The van der Waals surface area contributed by atoms with E-state index in [0.717, 1.165) is 17.5 Å². The van der Waals surface area contributed by atoms with Gasteiger partial charge < -0.3 is 33.2 Å². The number of aliphatic hydroxyl groups excluding tert-OH is 1. The lowest BCUT2D eigenvalue weighted by Gasteiger charge is -2.53. The summed E-state index contributed by atoms with van der Waals surface area (Å²) >= 11 is 0. The van der Waals surface area contributed by atoms with Crippen LogP contribution in [0.15, 0.2) is 121 Å². The zero-order valence-electron chi connectivity index (χ0n) is 32.4. The fourth-order valence-electron chi connectivity index (χ4n) is 8.90. The van der Waals surface area contributed by atoms with E-state index in [0.29, 0.717) is 58.5 Å². The maximum absolute atomic E-state index is 11.5. The van der Waals surface area contributed by atoms with Gasteiger partial charge in [0.15, 0.2) is 11.6 Å². The van der Waals surface area contributed by atoms with Gasteiger partial charge in [0.25, 0.3) is 8.32 Å². The molecule has 1 N–H and O–H groups in total. The van der Waals surface area contributed by atoms with Crippen LogP contribution in [-0.4, -0.2) is 62.6 Å². The Labute approximate surface area is 323 Å². The Balaban J connectivity index is 1.09. The van der Waals surface area contributed by atoms with E-state index < -0.39 is 26.0 Å². The highest BCUT2D eigenvalue weighted by Gasteiger charge is 2.60. The van der Waals surface area contributed by atoms with Crippen molar-refractivity contribution in [1.82, 2.24) is 0 Å². The molecule has 7 nitrogen and oxygen atoms in total. The van der Waals surface area contributed by atoms with Gasteiger partial charge in [-0.25, -0.2) is 0 Å². The molecule has 2 spiro atoms. The van der Waals surface area contributed by atoms with Crippen molar-refractivity contribution in [3.63, 3.8) is 0 Å². The first-order valence-corrected chi connectivity index (χ1v) is 21.8. The van der Waals surface area contributed by atoms with E-state index in [9.17, 15) is 5.11 Å². The smallest absolute Gasteiger partial charge is 0.261 e. The first-order valence-electron chi connectivity index (χ1n) is 19.9. The number of hydrogen-bond donors (Lipinski definition) is 1. The van der Waals surface area contributed by atoms with Crippen LogP contribution in [0.4, 0.5) is 0 Å². The average Bonchev–Trinajstić information content (AvgIpc) is 3.52. The zero-order valence-corrected chi connectivity index (χ0v) is 33.4. The van der Waals surface area contributed by atoms with Crippen LogP contribution in [0.2, 0.25) is 5.04 Å². The number of hydrogen-bond acceptors (Lipinski definition) is 7. The lowest BCUT2D eigenvalue weighted by Crippen LogP contribution is -2.67. The van der Waals surface area contributed by atoms with Crippen molar-refractivity contribution in [2.45, 2.75) is 120 Å². The predicted octanol–water partition coefficient (Wildman–Crippen LogP) is 7.92. The van der Waals surface area contributed by atoms with Crippen molar-refractivity contribution >= 4 is 18.7 Å². The fourth-order valence-corrected chi connectivity index (χ4v) is 13.5. The van der Waals surface area contributed by atoms with Crippen LogP contribution >= 0.6 is 0 Å². The average molecular weight is 751 g/mol. The fraction of sp³-hybridized carbons (Fsp3) is 0.478. The quantitative estimate of drug-likeness (QED) is 0.110. The van der Waals surface area contributed by atoms with Gasteiger partial charge in [-0.2, -0.15) is 0 Å². The Kier molecular flexibility index (Phi) is 12.2. The van der Waals surface area contributed by atoms with E-state index in [2.05, 4.69) is 113 Å². The van der Waals surface area contributed by atoms with Gasteiger partial charge in [0.1, 0.15) is 0 Å². The Bertz CT molecular complexity index is 1700. The van der Waals surface area contributed by atoms with Crippen molar-refractivity contribution in [3.8, 4) is 0 Å². The summed E-state index contributed by atoms with van der Waals surface area (Å²) < 4.78 is 41.3. The van der Waals surface area contributed by atoms with Gasteiger partial charge in [-0.15, -0.1) is 0 Å². The summed E-state index contributed by atoms with van der Waals surface area (Å²) in [7, 11) is -2.81. The van der Waals surface area contributed by atoms with Crippen LogP contribution in [0, 0.1) is 5.92 Å². The topological polar surface area (TPSA) is 75.6 Å². The third kappa shape index (κ3) is 8.62. The molecule has 0 amide bonds. The number of benzene rings is 4. The highest BCUT2D eigenvalue weighted by atomic mass is 28.4. The summed E-state index contributed by atoms with van der Waals surface area (Å²) in [5, 5.41) is 13.7. The minimum atomic E-state index is -2.81. The molecule has 3 heterocycles. The largest absolute Gasteiger partial charge is 0.405 e. The van der Waals surface area contributed by atoms with Crippen LogP contribution in [0.5, 0.6) is 0 Å². The van der Waals surface area contributed by atoms with Crippen LogP contribution < -0.4 is 10.4 Å². The minimum Gasteiger partial charge on any atom is -0.405 e. The van der Waals surface area contributed by atoms with E-state index in [1.807, 2.05) is 36.4 Å². The summed E-state index contributed by atoms with van der Waals surface area (Å²) in [4.78, 5) is 0. The molecule has 0 saturated carbocycles. The maximum atomic E-state index is 11.5. The molecule has 0 radical (unpaired) electrons. The molecule has 7 rings (SSSR count). The molecule has 4 aromatic carbocycles. The van der Waals surface area contributed by atoms with Crippen molar-refractivity contribution in [2.75, 3.05) is 13.2 Å². The molecule has 7 atom stereocenters. The summed E-state index contributed by atoms with van der Waals surface area (Å²) in [6.45, 7) is 11.0. The van der Waals surface area contributed by atoms with E-state index in [1.165, 1.54) is 10.4 Å². The Morgan fingerprint density at radius 1 is 0.759 bits per heavy atom. The molecule has 288 valence electrons. The highest BCUT2D eigenvalue weighted by molar-refractivity contribution is 6.99. The predicted molar refractivity (Wildman–Crippen MR) is 214 cm³/mol. The molecule has 0 unspecified atom stereocenters. The number of aliphatic hydroxyl groups is 1. The van der Waals surface area contributed by atoms with Crippen LogP contribution in [0.25, 0.3) is 0 Å². The molecule has 3 aliphatic heterocycles. The molecular weight excluding hydrogens is 693 g/mol. The molecular formula is C46H58O7Si. The minimum absolute atomic E-state index is 0.107. The van der Waals surface area contributed by atoms with E-state index in [4.69, 9.17) is 28.1 Å². The second-order valence-electron chi connectivity index (χ2n) is 16.6. The van der Waals surface area contributed by atoms with Gasteiger partial charge in [0.05, 0.1) is 44.2 Å². The zero-order chi connectivity index (χ0) is 37.7. The third-order valence-electron chi connectivity index (χ3n) is 11.6. The van der Waals surface area contributed by atoms with Crippen LogP contribution in [-0.2, 0) is 41.3 Å². The molecule has 0 bridgehead atoms. The van der Waals surface area contributed by atoms with Gasteiger partial charge in [-0.3, -0.25) is 0 Å². The summed E-state index contributed by atoms with van der Waals surface area (Å²) in [6.07, 6.45) is 2.29. The Hall–Kier alpha value is -3.18. The molecule has 0 aliphatic carbocycles. The van der Waals surface area contributed by atoms with Crippen molar-refractivity contribution < 1.29 is 33.2 Å². The molecule has 54 heavy (non-hydrogen) atoms. The molecule has 8 heteroatoms. The molecule has 0 aromatic heterocycles. The Morgan fingerprint density at radius 2 is 1.33 bits per heavy atom. The normalized spacial score (nSPS) is 28.8. The second-order valence-corrected chi connectivity index (χ2v) is 20.9. The Morgan fingerprint density at radius 3 is 1.93 bits per heavy atom. The third-order valence-corrected chi connectivity index (χ3v) is 16.7. The first-order chi connectivity index (χ1) is 26.1. The second kappa shape index (κ2) is 16.9. The standard InChI is InChI=1S/C46H58O7Si/c1-35-25-27-45(30-38(47)29-39(51-45)34-50-54(44(2,3)4,40-21-13-7-14-22-40)41-23-15-8-16-24-41)53-46(35)31-43(49-33-37-19-11-6-12-20-37)42(52-46)26-28-48-32-36-17-9-5-10-18-36/h5-24,35,38-39,42-43,47H,25-34H2,1-4H3/t35-,38-,39-,42-,43-,45+,46+/m0/s1. The molecule has 3 saturated heterocycles. The monoisotopic (exact) mass is 750 g/mol. The van der Waals surface area contributed by atoms with Crippen LogP contribution in [0.1, 0.15) is 77.3 Å². The van der Waals surface area contributed by atoms with E-state index in [1.54, 1.807) is 0 Å². The van der Waals surface area contributed by atoms with Crippen molar-refractivity contribution in [1.29, 1.82) is 0 Å². The van der Waals surface area contributed by atoms with Gasteiger partial charge in [-0.1, -0.05) is 149 Å². The maximum Gasteiger partial charge on any atom is 0.261 e. The van der Waals surface area contributed by atoms with Gasteiger partial charge in [-0.05, 0) is 39.4 Å². The first kappa shape index (κ1) is 39.1. The molecule has 3 aliphatic rings. The number of ether oxygens (including phenoxy) is 5. The van der Waals surface area contributed by atoms with Gasteiger partial charge >= 0.3 is 0 Å². The lowest BCUT2D eigenvalue weighted by molar-refractivity contribution is -0.414.